The zero-order valence-corrected chi connectivity index (χ0v) is 19.5. The first-order chi connectivity index (χ1) is 15.5. The van der Waals surface area contributed by atoms with Crippen molar-refractivity contribution in [1.29, 1.82) is 0 Å². The van der Waals surface area contributed by atoms with Gasteiger partial charge in [0.2, 0.25) is 5.91 Å². The molecule has 1 fully saturated rings. The van der Waals surface area contributed by atoms with Gasteiger partial charge >= 0.3 is 0 Å². The van der Waals surface area contributed by atoms with Crippen LogP contribution in [0.2, 0.25) is 0 Å². The fourth-order valence-corrected chi connectivity index (χ4v) is 5.56. The van der Waals surface area contributed by atoms with Gasteiger partial charge in [0.15, 0.2) is 5.17 Å². The Labute approximate surface area is 195 Å². The highest BCUT2D eigenvalue weighted by atomic mass is 32.2. The van der Waals surface area contributed by atoms with Crippen LogP contribution in [-0.2, 0) is 9.59 Å². The number of anilines is 1. The molecule has 2 aromatic rings. The number of thioether (sulfide) groups is 1. The molecule has 32 heavy (non-hydrogen) atoms. The molecule has 4 rings (SSSR count). The van der Waals surface area contributed by atoms with Crippen molar-refractivity contribution < 1.29 is 14.4 Å². The summed E-state index contributed by atoms with van der Waals surface area (Å²) in [6.07, 6.45) is 3.51. The third-order valence-corrected chi connectivity index (χ3v) is 7.74. The number of amides is 3. The van der Waals surface area contributed by atoms with E-state index < -0.39 is 5.25 Å². The molecule has 2 N–H and O–H groups in total. The van der Waals surface area contributed by atoms with E-state index in [9.17, 15) is 14.4 Å². The molecule has 1 aromatic carbocycles. The van der Waals surface area contributed by atoms with Crippen molar-refractivity contribution >= 4 is 51.7 Å². The van der Waals surface area contributed by atoms with Gasteiger partial charge in [0.1, 0.15) is 5.25 Å². The summed E-state index contributed by atoms with van der Waals surface area (Å²) in [7, 11) is 0. The lowest BCUT2D eigenvalue weighted by Gasteiger charge is -2.27. The van der Waals surface area contributed by atoms with Crippen LogP contribution in [0.1, 0.15) is 53.9 Å². The van der Waals surface area contributed by atoms with E-state index in [4.69, 9.17) is 0 Å². The van der Waals surface area contributed by atoms with E-state index in [1.807, 2.05) is 24.4 Å². The number of nitrogens with one attached hydrogen (secondary N) is 2. The second-order valence-electron chi connectivity index (χ2n) is 7.93. The number of hydrogen-bond acceptors (Lipinski definition) is 6. The highest BCUT2D eigenvalue weighted by Gasteiger charge is 2.33. The molecule has 0 spiro atoms. The quantitative estimate of drug-likeness (QED) is 0.665. The van der Waals surface area contributed by atoms with Crippen molar-refractivity contribution in [1.82, 2.24) is 10.2 Å². The highest BCUT2D eigenvalue weighted by molar-refractivity contribution is 8.15. The monoisotopic (exact) mass is 470 g/mol. The van der Waals surface area contributed by atoms with E-state index in [-0.39, 0.29) is 30.2 Å². The molecule has 1 aromatic heterocycles. The van der Waals surface area contributed by atoms with Crippen molar-refractivity contribution in [2.24, 2.45) is 4.99 Å². The molecule has 2 atom stereocenters. The number of amidine groups is 1. The number of thiophene rings is 1. The van der Waals surface area contributed by atoms with Crippen LogP contribution in [0.5, 0.6) is 0 Å². The molecule has 0 aliphatic carbocycles. The van der Waals surface area contributed by atoms with Crippen molar-refractivity contribution in [2.45, 2.75) is 43.9 Å². The fourth-order valence-electron chi connectivity index (χ4n) is 3.70. The number of hydrogen-bond donors (Lipinski definition) is 2. The zero-order chi connectivity index (χ0) is 22.5. The van der Waals surface area contributed by atoms with Gasteiger partial charge in [0.25, 0.3) is 11.8 Å². The first-order valence-corrected chi connectivity index (χ1v) is 12.5. The predicted molar refractivity (Wildman–Crippen MR) is 129 cm³/mol. The summed E-state index contributed by atoms with van der Waals surface area (Å²) in [4.78, 5) is 44.6. The molecular weight excluding hydrogens is 444 g/mol. The lowest BCUT2D eigenvalue weighted by atomic mass is 10.1. The van der Waals surface area contributed by atoms with Gasteiger partial charge in [-0.25, -0.2) is 0 Å². The summed E-state index contributed by atoms with van der Waals surface area (Å²) in [5.41, 5.74) is 1.11. The molecule has 2 aliphatic heterocycles. The lowest BCUT2D eigenvalue weighted by Crippen LogP contribution is -2.33. The molecule has 2 unspecified atom stereocenters. The van der Waals surface area contributed by atoms with Gasteiger partial charge in [-0.3, -0.25) is 14.4 Å². The molecule has 3 heterocycles. The average Bonchev–Trinajstić information content (AvgIpc) is 3.45. The first kappa shape index (κ1) is 22.5. The molecular formula is C23H26N4O3S2. The van der Waals surface area contributed by atoms with E-state index in [0.29, 0.717) is 11.3 Å². The van der Waals surface area contributed by atoms with Crippen LogP contribution >= 0.6 is 23.1 Å². The van der Waals surface area contributed by atoms with Gasteiger partial charge in [0, 0.05) is 35.6 Å². The van der Waals surface area contributed by atoms with Crippen LogP contribution < -0.4 is 10.6 Å². The normalized spacial score (nSPS) is 19.4. The summed E-state index contributed by atoms with van der Waals surface area (Å²) >= 11 is 2.99. The molecule has 1 saturated heterocycles. The number of carbonyl (C=O) groups excluding carboxylic acids is 3. The van der Waals surface area contributed by atoms with Crippen LogP contribution in [0, 0.1) is 0 Å². The van der Waals surface area contributed by atoms with Crippen LogP contribution in [0.25, 0.3) is 0 Å². The van der Waals surface area contributed by atoms with Crippen LogP contribution in [0.15, 0.2) is 46.8 Å². The number of likely N-dealkylation sites (tertiary alicyclic amines) is 1. The van der Waals surface area contributed by atoms with Gasteiger partial charge in [-0.1, -0.05) is 17.8 Å². The second kappa shape index (κ2) is 10.3. The van der Waals surface area contributed by atoms with Crippen LogP contribution in [-0.4, -0.2) is 46.1 Å². The molecule has 7 nitrogen and oxygen atoms in total. The minimum absolute atomic E-state index is 0.0691. The van der Waals surface area contributed by atoms with E-state index in [1.54, 1.807) is 35.6 Å². The molecule has 0 radical (unpaired) electrons. The third kappa shape index (κ3) is 5.58. The summed E-state index contributed by atoms with van der Waals surface area (Å²) in [5, 5.41) is 8.04. The van der Waals surface area contributed by atoms with E-state index in [0.717, 1.165) is 36.0 Å². The predicted octanol–water partition coefficient (Wildman–Crippen LogP) is 4.05. The van der Waals surface area contributed by atoms with Crippen LogP contribution in [0.3, 0.4) is 0 Å². The summed E-state index contributed by atoms with van der Waals surface area (Å²) in [5.74, 6) is -0.647. The molecule has 2 aliphatic rings. The highest BCUT2D eigenvalue weighted by Crippen LogP contribution is 2.29. The van der Waals surface area contributed by atoms with Gasteiger partial charge in [-0.05, 0) is 61.9 Å². The number of rotatable bonds is 6. The van der Waals surface area contributed by atoms with Gasteiger partial charge < -0.3 is 15.5 Å². The largest absolute Gasteiger partial charge is 0.351 e. The van der Waals surface area contributed by atoms with Crippen molar-refractivity contribution in [3.8, 4) is 0 Å². The Morgan fingerprint density at radius 3 is 2.59 bits per heavy atom. The maximum absolute atomic E-state index is 12.5. The van der Waals surface area contributed by atoms with Gasteiger partial charge in [-0.2, -0.15) is 4.99 Å². The first-order valence-electron chi connectivity index (χ1n) is 10.8. The van der Waals surface area contributed by atoms with Crippen molar-refractivity contribution in [3.63, 3.8) is 0 Å². The number of aliphatic imine (C=N–C) groups is 1. The van der Waals surface area contributed by atoms with Crippen molar-refractivity contribution in [2.75, 3.05) is 18.4 Å². The summed E-state index contributed by atoms with van der Waals surface area (Å²) in [6.45, 7) is 3.79. The lowest BCUT2D eigenvalue weighted by molar-refractivity contribution is -0.121. The minimum atomic E-state index is -0.476. The maximum Gasteiger partial charge on any atom is 0.262 e. The number of nitrogens with zero attached hydrogens (tertiary/aromatic N) is 2. The smallest absolute Gasteiger partial charge is 0.262 e. The Bertz CT molecular complexity index is 999. The average molecular weight is 471 g/mol. The zero-order valence-electron chi connectivity index (χ0n) is 17.9. The van der Waals surface area contributed by atoms with Crippen molar-refractivity contribution in [3.05, 3.63) is 52.2 Å². The van der Waals surface area contributed by atoms with Gasteiger partial charge in [0.05, 0.1) is 6.04 Å². The Kier molecular flexibility index (Phi) is 7.26. The molecule has 3 amide bonds. The van der Waals surface area contributed by atoms with E-state index >= 15 is 0 Å². The Morgan fingerprint density at radius 2 is 1.91 bits per heavy atom. The molecule has 9 heteroatoms. The molecule has 168 valence electrons. The van der Waals surface area contributed by atoms with Crippen LogP contribution in [0.4, 0.5) is 5.69 Å². The Morgan fingerprint density at radius 1 is 1.16 bits per heavy atom. The van der Waals surface area contributed by atoms with E-state index in [1.165, 1.54) is 18.2 Å². The SMILES string of the molecule is CC(NC(=O)c1ccc(NC(=O)CC2SC(N3CCCCC3)=NC2=O)cc1)c1cccs1. The number of piperidine rings is 1. The molecule has 0 saturated carbocycles. The third-order valence-electron chi connectivity index (χ3n) is 5.47. The summed E-state index contributed by atoms with van der Waals surface area (Å²) < 4.78 is 0. The standard InChI is InChI=1S/C23H26N4O3S2/c1-15(18-6-5-13-31-18)24-21(29)16-7-9-17(10-8-16)25-20(28)14-19-22(30)26-23(32-19)27-11-3-2-4-12-27/h5-10,13,15,19H,2-4,11-12,14H2,1H3,(H,24,29)(H,25,28). The minimum Gasteiger partial charge on any atom is -0.351 e. The topological polar surface area (TPSA) is 90.9 Å². The fraction of sp³-hybridized carbons (Fsp3) is 0.391. The maximum atomic E-state index is 12.5. The molecule has 0 bridgehead atoms. The van der Waals surface area contributed by atoms with Gasteiger partial charge in [-0.15, -0.1) is 11.3 Å². The Balaban J connectivity index is 1.27. The second-order valence-corrected chi connectivity index (χ2v) is 10.1. The number of carbonyl (C=O) groups is 3. The number of benzene rings is 1. The Hall–Kier alpha value is -2.65. The summed E-state index contributed by atoms with van der Waals surface area (Å²) in [6, 6.07) is 10.6. The van der Waals surface area contributed by atoms with E-state index in [2.05, 4.69) is 20.5 Å².